The molecule has 0 saturated carbocycles. The monoisotopic (exact) mass is 179 g/mol. The molecule has 1 aromatic heterocycles. The first-order valence-electron chi connectivity index (χ1n) is 3.77. The number of hydrogen-bond donors (Lipinski definition) is 0. The second-order valence-electron chi connectivity index (χ2n) is 2.30. The van der Waals surface area contributed by atoms with E-state index in [2.05, 4.69) is 16.3 Å². The number of pyridine rings is 1. The normalized spacial score (nSPS) is 7.85. The van der Waals surface area contributed by atoms with Crippen LogP contribution in [0.25, 0.3) is 0 Å². The summed E-state index contributed by atoms with van der Waals surface area (Å²) in [6.07, 6.45) is 3.50. The molecule has 1 aromatic rings. The zero-order valence-electron chi connectivity index (χ0n) is 7.86. The standard InChI is InChI=1S/C5H5N.C5H8O2/c1-2-4-6-5-3-1;1-4(2)5(6)7-3/h1-5H;1H2,2-3H3. The molecule has 0 saturated heterocycles. The van der Waals surface area contributed by atoms with Crippen LogP contribution in [-0.4, -0.2) is 18.1 Å². The Balaban J connectivity index is 0.000000223. The van der Waals surface area contributed by atoms with E-state index in [1.54, 1.807) is 19.3 Å². The molecule has 0 aromatic carbocycles. The van der Waals surface area contributed by atoms with Crippen molar-refractivity contribution in [2.75, 3.05) is 7.11 Å². The lowest BCUT2D eigenvalue weighted by Gasteiger charge is -1.91. The van der Waals surface area contributed by atoms with E-state index in [1.165, 1.54) is 7.11 Å². The summed E-state index contributed by atoms with van der Waals surface area (Å²) in [5.41, 5.74) is 0.433. The Labute approximate surface area is 78.1 Å². The van der Waals surface area contributed by atoms with E-state index >= 15 is 0 Å². The highest BCUT2D eigenvalue weighted by molar-refractivity contribution is 5.86. The van der Waals surface area contributed by atoms with Gasteiger partial charge < -0.3 is 4.74 Å². The molecule has 13 heavy (non-hydrogen) atoms. The first-order valence-corrected chi connectivity index (χ1v) is 3.77. The third-order valence-corrected chi connectivity index (χ3v) is 1.10. The Morgan fingerprint density at radius 1 is 1.31 bits per heavy atom. The first-order chi connectivity index (χ1) is 6.18. The Morgan fingerprint density at radius 2 is 1.85 bits per heavy atom. The predicted molar refractivity (Wildman–Crippen MR) is 51.1 cm³/mol. The van der Waals surface area contributed by atoms with E-state index in [4.69, 9.17) is 0 Å². The van der Waals surface area contributed by atoms with E-state index in [1.807, 2.05) is 18.2 Å². The smallest absolute Gasteiger partial charge is 0.332 e. The van der Waals surface area contributed by atoms with Crippen molar-refractivity contribution in [3.63, 3.8) is 0 Å². The number of esters is 1. The van der Waals surface area contributed by atoms with Gasteiger partial charge in [-0.15, -0.1) is 0 Å². The van der Waals surface area contributed by atoms with Gasteiger partial charge in [-0.25, -0.2) is 4.79 Å². The van der Waals surface area contributed by atoms with Gasteiger partial charge in [0.15, 0.2) is 0 Å². The highest BCUT2D eigenvalue weighted by atomic mass is 16.5. The summed E-state index contributed by atoms with van der Waals surface area (Å²) < 4.78 is 4.27. The molecule has 0 spiro atoms. The van der Waals surface area contributed by atoms with E-state index in [0.29, 0.717) is 5.57 Å². The number of carbonyl (C=O) groups is 1. The van der Waals surface area contributed by atoms with Crippen LogP contribution in [0.4, 0.5) is 0 Å². The molecule has 0 amide bonds. The van der Waals surface area contributed by atoms with E-state index in [9.17, 15) is 4.79 Å². The molecule has 3 heteroatoms. The fourth-order valence-corrected chi connectivity index (χ4v) is 0.487. The zero-order valence-corrected chi connectivity index (χ0v) is 7.86. The number of rotatable bonds is 1. The van der Waals surface area contributed by atoms with Crippen LogP contribution in [0.15, 0.2) is 42.7 Å². The highest BCUT2D eigenvalue weighted by Gasteiger charge is 1.95. The van der Waals surface area contributed by atoms with E-state index in [0.717, 1.165) is 0 Å². The summed E-state index contributed by atoms with van der Waals surface area (Å²) in [5.74, 6) is -0.347. The molecule has 0 N–H and O–H groups in total. The van der Waals surface area contributed by atoms with Crippen molar-refractivity contribution < 1.29 is 9.53 Å². The van der Waals surface area contributed by atoms with Crippen LogP contribution in [0.1, 0.15) is 6.92 Å². The highest BCUT2D eigenvalue weighted by Crippen LogP contribution is 1.87. The van der Waals surface area contributed by atoms with Crippen molar-refractivity contribution in [3.05, 3.63) is 42.7 Å². The summed E-state index contributed by atoms with van der Waals surface area (Å²) >= 11 is 0. The van der Waals surface area contributed by atoms with Crippen LogP contribution in [0.2, 0.25) is 0 Å². The van der Waals surface area contributed by atoms with E-state index < -0.39 is 0 Å². The average molecular weight is 179 g/mol. The molecule has 0 radical (unpaired) electrons. The average Bonchev–Trinajstić information content (AvgIpc) is 2.20. The summed E-state index contributed by atoms with van der Waals surface area (Å²) in [7, 11) is 1.33. The summed E-state index contributed by atoms with van der Waals surface area (Å²) in [4.78, 5) is 14.0. The summed E-state index contributed by atoms with van der Waals surface area (Å²) in [6, 6.07) is 5.72. The Bertz CT molecular complexity index is 230. The van der Waals surface area contributed by atoms with Gasteiger partial charge in [0.1, 0.15) is 0 Å². The summed E-state index contributed by atoms with van der Waals surface area (Å²) in [5, 5.41) is 0. The lowest BCUT2D eigenvalue weighted by Crippen LogP contribution is -1.98. The Morgan fingerprint density at radius 3 is 1.92 bits per heavy atom. The molecule has 0 aliphatic heterocycles. The van der Waals surface area contributed by atoms with Crippen molar-refractivity contribution in [1.29, 1.82) is 0 Å². The van der Waals surface area contributed by atoms with Gasteiger partial charge in [0.05, 0.1) is 7.11 Å². The van der Waals surface area contributed by atoms with Crippen molar-refractivity contribution in [2.24, 2.45) is 0 Å². The number of carbonyl (C=O) groups excluding carboxylic acids is 1. The quantitative estimate of drug-likeness (QED) is 0.487. The molecule has 0 atom stereocenters. The van der Waals surface area contributed by atoms with Gasteiger partial charge in [-0.1, -0.05) is 12.6 Å². The lowest BCUT2D eigenvalue weighted by molar-refractivity contribution is -0.136. The van der Waals surface area contributed by atoms with Crippen LogP contribution >= 0.6 is 0 Å². The second kappa shape index (κ2) is 7.03. The number of aromatic nitrogens is 1. The van der Waals surface area contributed by atoms with Gasteiger partial charge in [-0.3, -0.25) is 4.98 Å². The minimum atomic E-state index is -0.347. The maximum Gasteiger partial charge on any atom is 0.332 e. The van der Waals surface area contributed by atoms with Gasteiger partial charge in [-0.05, 0) is 19.1 Å². The maximum absolute atomic E-state index is 10.2. The third-order valence-electron chi connectivity index (χ3n) is 1.10. The number of hydrogen-bond acceptors (Lipinski definition) is 3. The van der Waals surface area contributed by atoms with Gasteiger partial charge in [0, 0.05) is 18.0 Å². The van der Waals surface area contributed by atoms with Crippen molar-refractivity contribution in [3.8, 4) is 0 Å². The molecule has 0 unspecified atom stereocenters. The molecule has 0 bridgehead atoms. The minimum Gasteiger partial charge on any atom is -0.466 e. The van der Waals surface area contributed by atoms with Crippen molar-refractivity contribution in [2.45, 2.75) is 6.92 Å². The Hall–Kier alpha value is -1.64. The molecule has 3 nitrogen and oxygen atoms in total. The predicted octanol–water partition coefficient (Wildman–Crippen LogP) is 1.82. The SMILES string of the molecule is C=C(C)C(=O)OC.c1ccncc1. The number of nitrogens with zero attached hydrogens (tertiary/aromatic N) is 1. The Kier molecular flexibility index (Phi) is 6.15. The van der Waals surface area contributed by atoms with Crippen LogP contribution in [0, 0.1) is 0 Å². The lowest BCUT2D eigenvalue weighted by atomic mass is 10.4. The van der Waals surface area contributed by atoms with Crippen LogP contribution in [0.5, 0.6) is 0 Å². The zero-order chi connectivity index (χ0) is 10.1. The number of methoxy groups -OCH3 is 1. The fraction of sp³-hybridized carbons (Fsp3) is 0.200. The maximum atomic E-state index is 10.2. The third kappa shape index (κ3) is 6.75. The van der Waals surface area contributed by atoms with E-state index in [-0.39, 0.29) is 5.97 Å². The fourth-order valence-electron chi connectivity index (χ4n) is 0.487. The molecule has 1 heterocycles. The van der Waals surface area contributed by atoms with Crippen LogP contribution in [0.3, 0.4) is 0 Å². The van der Waals surface area contributed by atoms with Gasteiger partial charge in [0.25, 0.3) is 0 Å². The van der Waals surface area contributed by atoms with Gasteiger partial charge in [-0.2, -0.15) is 0 Å². The van der Waals surface area contributed by atoms with Crippen molar-refractivity contribution in [1.82, 2.24) is 4.98 Å². The first kappa shape index (κ1) is 11.4. The van der Waals surface area contributed by atoms with Gasteiger partial charge >= 0.3 is 5.97 Å². The largest absolute Gasteiger partial charge is 0.466 e. The minimum absolute atomic E-state index is 0.347. The van der Waals surface area contributed by atoms with Crippen molar-refractivity contribution >= 4 is 5.97 Å². The summed E-state index contributed by atoms with van der Waals surface area (Å²) in [6.45, 7) is 4.95. The molecule has 0 aliphatic rings. The number of ether oxygens (including phenoxy) is 1. The van der Waals surface area contributed by atoms with Gasteiger partial charge in [0.2, 0.25) is 0 Å². The molecular formula is C10H13NO2. The molecule has 1 rings (SSSR count). The van der Waals surface area contributed by atoms with Crippen LogP contribution in [-0.2, 0) is 9.53 Å². The van der Waals surface area contributed by atoms with Crippen LogP contribution < -0.4 is 0 Å². The second-order valence-corrected chi connectivity index (χ2v) is 2.30. The molecule has 0 fully saturated rings. The topological polar surface area (TPSA) is 39.2 Å². The molecule has 70 valence electrons. The molecule has 0 aliphatic carbocycles. The molecular weight excluding hydrogens is 166 g/mol.